The highest BCUT2D eigenvalue weighted by Gasteiger charge is 2.43. The van der Waals surface area contributed by atoms with Crippen LogP contribution in [0.25, 0.3) is 0 Å². The number of nitrogens with zero attached hydrogens (tertiary/aromatic N) is 1. The van der Waals surface area contributed by atoms with Crippen LogP contribution >= 0.6 is 11.3 Å². The minimum absolute atomic E-state index is 0.0525. The zero-order chi connectivity index (χ0) is 17.3. The number of amides is 1. The van der Waals surface area contributed by atoms with Crippen molar-refractivity contribution in [2.24, 2.45) is 0 Å². The first-order chi connectivity index (χ1) is 11.3. The Morgan fingerprint density at radius 2 is 2.04 bits per heavy atom. The van der Waals surface area contributed by atoms with Crippen LogP contribution in [0.2, 0.25) is 0 Å². The van der Waals surface area contributed by atoms with Crippen LogP contribution in [0.15, 0.2) is 29.6 Å². The van der Waals surface area contributed by atoms with Gasteiger partial charge < -0.3 is 14.8 Å². The molecule has 0 saturated carbocycles. The molecule has 3 rings (SSSR count). The zero-order valence-corrected chi connectivity index (χ0v) is 14.0. The predicted molar refractivity (Wildman–Crippen MR) is 86.7 cm³/mol. The van der Waals surface area contributed by atoms with Crippen LogP contribution in [0.1, 0.15) is 10.4 Å². The van der Waals surface area contributed by atoms with E-state index in [1.165, 1.54) is 28.6 Å². The highest BCUT2D eigenvalue weighted by atomic mass is 32.1. The molecule has 0 atom stereocenters. The SMILES string of the molecule is Cc1ccsc1CN(C)CC(=O)Nc1ccc2c(c1)OC(F)(F)O2. The lowest BCUT2D eigenvalue weighted by atomic mass is 10.2. The highest BCUT2D eigenvalue weighted by Crippen LogP contribution is 2.42. The van der Waals surface area contributed by atoms with Gasteiger partial charge in [0.2, 0.25) is 5.91 Å². The fraction of sp³-hybridized carbons (Fsp3) is 0.312. The Hall–Kier alpha value is -2.19. The molecule has 1 aliphatic heterocycles. The van der Waals surface area contributed by atoms with E-state index in [1.807, 2.05) is 30.3 Å². The molecule has 128 valence electrons. The smallest absolute Gasteiger partial charge is 0.395 e. The van der Waals surface area contributed by atoms with Crippen molar-refractivity contribution in [3.05, 3.63) is 40.1 Å². The number of benzene rings is 1. The number of rotatable bonds is 5. The molecule has 8 heteroatoms. The maximum Gasteiger partial charge on any atom is 0.586 e. The largest absolute Gasteiger partial charge is 0.586 e. The molecule has 1 amide bonds. The van der Waals surface area contributed by atoms with Gasteiger partial charge in [-0.1, -0.05) is 0 Å². The number of aryl methyl sites for hydroxylation is 1. The summed E-state index contributed by atoms with van der Waals surface area (Å²) in [4.78, 5) is 15.2. The van der Waals surface area contributed by atoms with Gasteiger partial charge in [0.25, 0.3) is 0 Å². The number of carbonyl (C=O) groups excluding carboxylic acids is 1. The number of halogens is 2. The van der Waals surface area contributed by atoms with Crippen LogP contribution in [0.3, 0.4) is 0 Å². The number of nitrogens with one attached hydrogen (secondary N) is 1. The molecule has 1 aliphatic rings. The molecule has 0 spiro atoms. The van der Waals surface area contributed by atoms with E-state index in [0.29, 0.717) is 12.2 Å². The summed E-state index contributed by atoms with van der Waals surface area (Å²) in [5, 5.41) is 4.68. The molecule has 5 nitrogen and oxygen atoms in total. The summed E-state index contributed by atoms with van der Waals surface area (Å²) in [6, 6.07) is 6.18. The number of thiophene rings is 1. The Bertz CT molecular complexity index is 764. The third-order valence-corrected chi connectivity index (χ3v) is 4.49. The molecular weight excluding hydrogens is 338 g/mol. The Kier molecular flexibility index (Phi) is 4.42. The lowest BCUT2D eigenvalue weighted by Crippen LogP contribution is -2.29. The van der Waals surface area contributed by atoms with Crippen molar-refractivity contribution >= 4 is 22.9 Å². The summed E-state index contributed by atoms with van der Waals surface area (Å²) in [6.07, 6.45) is -3.66. The van der Waals surface area contributed by atoms with Crippen molar-refractivity contribution in [3.8, 4) is 11.5 Å². The van der Waals surface area contributed by atoms with Gasteiger partial charge in [-0.2, -0.15) is 0 Å². The van der Waals surface area contributed by atoms with Crippen molar-refractivity contribution in [2.45, 2.75) is 19.8 Å². The number of likely N-dealkylation sites (N-methyl/N-ethyl adjacent to an activating group) is 1. The third-order valence-electron chi connectivity index (χ3n) is 3.48. The fourth-order valence-corrected chi connectivity index (χ4v) is 3.32. The fourth-order valence-electron chi connectivity index (χ4n) is 2.34. The van der Waals surface area contributed by atoms with Crippen molar-refractivity contribution in [2.75, 3.05) is 18.9 Å². The Morgan fingerprint density at radius 1 is 1.29 bits per heavy atom. The van der Waals surface area contributed by atoms with Gasteiger partial charge in [-0.3, -0.25) is 9.69 Å². The molecule has 0 aliphatic carbocycles. The first-order valence-corrected chi connectivity index (χ1v) is 8.11. The molecule has 0 saturated heterocycles. The summed E-state index contributed by atoms with van der Waals surface area (Å²) in [6.45, 7) is 2.88. The first kappa shape index (κ1) is 16.7. The van der Waals surface area contributed by atoms with E-state index < -0.39 is 6.29 Å². The van der Waals surface area contributed by atoms with Crippen molar-refractivity contribution in [3.63, 3.8) is 0 Å². The molecule has 2 heterocycles. The predicted octanol–water partition coefficient (Wildman–Crippen LogP) is 3.45. The standard InChI is InChI=1S/C16H16F2N2O3S/c1-10-5-6-24-14(10)8-20(2)9-15(21)19-11-3-4-12-13(7-11)23-16(17,18)22-12/h3-7H,8-9H2,1-2H3,(H,19,21). The monoisotopic (exact) mass is 354 g/mol. The number of hydrogen-bond donors (Lipinski definition) is 1. The van der Waals surface area contributed by atoms with Gasteiger partial charge in [-0.05, 0) is 43.1 Å². The molecule has 0 bridgehead atoms. The molecule has 2 aromatic rings. The molecule has 1 N–H and O–H groups in total. The molecule has 0 radical (unpaired) electrons. The van der Waals surface area contributed by atoms with Crippen LogP contribution < -0.4 is 14.8 Å². The Morgan fingerprint density at radius 3 is 2.75 bits per heavy atom. The van der Waals surface area contributed by atoms with Crippen LogP contribution in [0.5, 0.6) is 11.5 Å². The van der Waals surface area contributed by atoms with Crippen LogP contribution in [0.4, 0.5) is 14.5 Å². The number of anilines is 1. The van der Waals surface area contributed by atoms with Gasteiger partial charge in [0.1, 0.15) is 0 Å². The normalized spacial score (nSPS) is 14.9. The molecular formula is C16H16F2N2O3S. The van der Waals surface area contributed by atoms with Crippen LogP contribution in [-0.2, 0) is 11.3 Å². The van der Waals surface area contributed by atoms with Gasteiger partial charge in [0, 0.05) is 23.2 Å². The van der Waals surface area contributed by atoms with Gasteiger partial charge in [-0.25, -0.2) is 0 Å². The van der Waals surface area contributed by atoms with E-state index in [0.717, 1.165) is 0 Å². The average Bonchev–Trinajstić information content (AvgIpc) is 2.99. The zero-order valence-electron chi connectivity index (χ0n) is 13.1. The molecule has 0 unspecified atom stereocenters. The number of carbonyl (C=O) groups is 1. The van der Waals surface area contributed by atoms with Gasteiger partial charge >= 0.3 is 6.29 Å². The summed E-state index contributed by atoms with van der Waals surface area (Å²) in [5.41, 5.74) is 1.57. The van der Waals surface area contributed by atoms with E-state index in [1.54, 1.807) is 11.3 Å². The number of fused-ring (bicyclic) bond motifs is 1. The maximum absolute atomic E-state index is 13.0. The number of alkyl halides is 2. The van der Waals surface area contributed by atoms with Crippen molar-refractivity contribution in [1.82, 2.24) is 4.90 Å². The maximum atomic E-state index is 13.0. The van der Waals surface area contributed by atoms with E-state index in [2.05, 4.69) is 14.8 Å². The quantitative estimate of drug-likeness (QED) is 0.894. The molecule has 1 aromatic heterocycles. The average molecular weight is 354 g/mol. The minimum Gasteiger partial charge on any atom is -0.395 e. The molecule has 0 fully saturated rings. The lowest BCUT2D eigenvalue weighted by Gasteiger charge is -2.16. The second-order valence-corrected chi connectivity index (χ2v) is 6.58. The second kappa shape index (κ2) is 6.37. The van der Waals surface area contributed by atoms with E-state index in [-0.39, 0.29) is 24.0 Å². The van der Waals surface area contributed by atoms with Gasteiger partial charge in [0.05, 0.1) is 6.54 Å². The Balaban J connectivity index is 1.57. The third kappa shape index (κ3) is 3.82. The minimum atomic E-state index is -3.66. The number of hydrogen-bond acceptors (Lipinski definition) is 5. The molecule has 1 aromatic carbocycles. The van der Waals surface area contributed by atoms with Crippen molar-refractivity contribution in [1.29, 1.82) is 0 Å². The van der Waals surface area contributed by atoms with Gasteiger partial charge in [-0.15, -0.1) is 20.1 Å². The Labute approximate surface area is 141 Å². The van der Waals surface area contributed by atoms with E-state index in [9.17, 15) is 13.6 Å². The van der Waals surface area contributed by atoms with Crippen LogP contribution in [0, 0.1) is 6.92 Å². The second-order valence-electron chi connectivity index (χ2n) is 5.58. The van der Waals surface area contributed by atoms with E-state index in [4.69, 9.17) is 0 Å². The molecule has 24 heavy (non-hydrogen) atoms. The summed E-state index contributed by atoms with van der Waals surface area (Å²) in [7, 11) is 1.85. The summed E-state index contributed by atoms with van der Waals surface area (Å²) in [5.74, 6) is -0.388. The lowest BCUT2D eigenvalue weighted by molar-refractivity contribution is -0.286. The summed E-state index contributed by atoms with van der Waals surface area (Å²) >= 11 is 1.65. The van der Waals surface area contributed by atoms with Crippen molar-refractivity contribution < 1.29 is 23.0 Å². The van der Waals surface area contributed by atoms with Gasteiger partial charge in [0.15, 0.2) is 11.5 Å². The van der Waals surface area contributed by atoms with E-state index >= 15 is 0 Å². The van der Waals surface area contributed by atoms with Crippen LogP contribution in [-0.4, -0.2) is 30.7 Å². The highest BCUT2D eigenvalue weighted by molar-refractivity contribution is 7.10. The number of ether oxygens (including phenoxy) is 2. The summed E-state index contributed by atoms with van der Waals surface area (Å²) < 4.78 is 34.6. The topological polar surface area (TPSA) is 50.8 Å². The first-order valence-electron chi connectivity index (χ1n) is 7.24.